The van der Waals surface area contributed by atoms with Crippen LogP contribution in [0.3, 0.4) is 0 Å². The molecule has 0 saturated heterocycles. The van der Waals surface area contributed by atoms with Crippen molar-refractivity contribution >= 4 is 38.3 Å². The van der Waals surface area contributed by atoms with Crippen molar-refractivity contribution in [3.8, 4) is 17.1 Å². The number of carbonyl (C=O) groups is 1. The van der Waals surface area contributed by atoms with Gasteiger partial charge in [-0.1, -0.05) is 12.1 Å². The Morgan fingerprint density at radius 1 is 1.17 bits per heavy atom. The largest absolute Gasteiger partial charge is 0.479 e. The lowest BCUT2D eigenvalue weighted by molar-refractivity contribution is 0.0996. The van der Waals surface area contributed by atoms with Crippen molar-refractivity contribution in [1.82, 2.24) is 24.5 Å². The third-order valence-corrected chi connectivity index (χ3v) is 8.34. The van der Waals surface area contributed by atoms with Crippen LogP contribution in [0.1, 0.15) is 28.9 Å². The van der Waals surface area contributed by atoms with Gasteiger partial charge in [-0.3, -0.25) is 9.78 Å². The Balaban J connectivity index is 1.55. The number of amides is 1. The maximum atomic E-state index is 12.3. The van der Waals surface area contributed by atoms with E-state index in [2.05, 4.69) is 25.3 Å². The van der Waals surface area contributed by atoms with Crippen molar-refractivity contribution in [3.05, 3.63) is 54.2 Å². The molecule has 0 unspecified atom stereocenters. The quantitative estimate of drug-likeness (QED) is 0.394. The molecule has 0 spiro atoms. The van der Waals surface area contributed by atoms with E-state index in [4.69, 9.17) is 10.5 Å². The van der Waals surface area contributed by atoms with Crippen LogP contribution in [-0.4, -0.2) is 52.2 Å². The van der Waals surface area contributed by atoms with Gasteiger partial charge in [0.15, 0.2) is 21.3 Å². The van der Waals surface area contributed by atoms with Gasteiger partial charge in [-0.05, 0) is 30.5 Å². The third-order valence-electron chi connectivity index (χ3n) is 6.27. The highest BCUT2D eigenvalue weighted by Crippen LogP contribution is 2.52. The van der Waals surface area contributed by atoms with Crippen LogP contribution in [0.25, 0.3) is 22.3 Å². The van der Waals surface area contributed by atoms with Crippen LogP contribution in [0.5, 0.6) is 5.88 Å². The summed E-state index contributed by atoms with van der Waals surface area (Å²) >= 11 is 0. The summed E-state index contributed by atoms with van der Waals surface area (Å²) in [5.74, 6) is -0.518. The number of hydrogen-bond acceptors (Lipinski definition) is 9. The molecule has 1 aliphatic carbocycles. The van der Waals surface area contributed by atoms with Gasteiger partial charge >= 0.3 is 0 Å². The minimum absolute atomic E-state index is 0.0902. The molecule has 0 atom stereocenters. The summed E-state index contributed by atoms with van der Waals surface area (Å²) in [4.78, 5) is 29.9. The zero-order valence-electron chi connectivity index (χ0n) is 19.3. The Kier molecular flexibility index (Phi) is 5.20. The molecule has 1 saturated carbocycles. The summed E-state index contributed by atoms with van der Waals surface area (Å²) in [6, 6.07) is 6.97. The summed E-state index contributed by atoms with van der Waals surface area (Å²) in [6.45, 7) is 0. The molecule has 1 aliphatic rings. The minimum Gasteiger partial charge on any atom is -0.479 e. The first-order valence-corrected chi connectivity index (χ1v) is 12.6. The van der Waals surface area contributed by atoms with E-state index in [1.165, 1.54) is 13.4 Å². The number of nitrogens with zero attached hydrogens (tertiary/aromatic N) is 5. The Morgan fingerprint density at radius 3 is 2.49 bits per heavy atom. The van der Waals surface area contributed by atoms with Crippen LogP contribution < -0.4 is 15.8 Å². The van der Waals surface area contributed by atoms with Crippen molar-refractivity contribution in [2.45, 2.75) is 17.6 Å². The number of imidazole rings is 1. The lowest BCUT2D eigenvalue weighted by atomic mass is 10.1. The number of fused-ring (bicyclic) bond motifs is 1. The second-order valence-corrected chi connectivity index (χ2v) is 10.8. The smallest absolute Gasteiger partial charge is 0.271 e. The monoisotopic (exact) mass is 493 g/mol. The number of sulfone groups is 1. The lowest BCUT2D eigenvalue weighted by Crippen LogP contribution is -2.19. The molecular formula is C23H23N7O4S. The van der Waals surface area contributed by atoms with E-state index in [9.17, 15) is 13.2 Å². The van der Waals surface area contributed by atoms with Gasteiger partial charge in [0, 0.05) is 25.2 Å². The van der Waals surface area contributed by atoms with Gasteiger partial charge in [-0.2, -0.15) is 4.98 Å². The number of aryl methyl sites for hydroxylation is 1. The molecule has 3 aromatic heterocycles. The minimum atomic E-state index is -3.22. The average Bonchev–Trinajstić information content (AvgIpc) is 3.57. The van der Waals surface area contributed by atoms with Gasteiger partial charge in [0.25, 0.3) is 5.91 Å². The van der Waals surface area contributed by atoms with Crippen molar-refractivity contribution < 1.29 is 17.9 Å². The van der Waals surface area contributed by atoms with Crippen molar-refractivity contribution in [3.63, 3.8) is 0 Å². The molecule has 0 aliphatic heterocycles. The summed E-state index contributed by atoms with van der Waals surface area (Å²) < 4.78 is 30.9. The lowest BCUT2D eigenvalue weighted by Gasteiger charge is -2.16. The molecule has 3 N–H and O–H groups in total. The number of primary amides is 1. The van der Waals surface area contributed by atoms with E-state index in [0.29, 0.717) is 29.6 Å². The number of nitrogens with two attached hydrogens (primary N) is 1. The van der Waals surface area contributed by atoms with E-state index in [-0.39, 0.29) is 23.1 Å². The summed E-state index contributed by atoms with van der Waals surface area (Å²) in [7, 11) is 0.0712. The standard InChI is InChI=1S/C23H23N7O4S/c1-30-12-26-17-15(10-25-11-16(17)30)18-22(34-2)29-21(19(28-18)20(24)31)27-14-6-4-13(5-7-14)23(8-9-23)35(3,32)33/h4-7,10-12H,8-9H2,1-3H3,(H2,24,31)(H,27,29). The number of hydrogen-bond donors (Lipinski definition) is 2. The van der Waals surface area contributed by atoms with Gasteiger partial charge < -0.3 is 20.4 Å². The SMILES string of the molecule is COc1nc(Nc2ccc(C3(S(C)(=O)=O)CC3)cc2)c(C(N)=O)nc1-c1cncc2c1ncn2C. The summed E-state index contributed by atoms with van der Waals surface area (Å²) in [5, 5.41) is 3.05. The van der Waals surface area contributed by atoms with Gasteiger partial charge in [0.1, 0.15) is 11.2 Å². The number of anilines is 2. The summed E-state index contributed by atoms with van der Waals surface area (Å²) in [5.41, 5.74) is 9.08. The number of carbonyl (C=O) groups excluding carboxylic acids is 1. The first-order valence-electron chi connectivity index (χ1n) is 10.7. The fourth-order valence-electron chi connectivity index (χ4n) is 4.19. The van der Waals surface area contributed by atoms with E-state index < -0.39 is 20.5 Å². The van der Waals surface area contributed by atoms with Crippen molar-refractivity contribution in [2.75, 3.05) is 18.7 Å². The van der Waals surface area contributed by atoms with Crippen LogP contribution in [-0.2, 0) is 21.6 Å². The highest BCUT2D eigenvalue weighted by Gasteiger charge is 2.53. The number of aromatic nitrogens is 5. The second-order valence-electron chi connectivity index (χ2n) is 8.52. The molecule has 1 amide bonds. The third kappa shape index (κ3) is 3.75. The zero-order valence-corrected chi connectivity index (χ0v) is 20.1. The number of rotatable bonds is 7. The molecule has 4 aromatic rings. The number of benzene rings is 1. The van der Waals surface area contributed by atoms with Crippen molar-refractivity contribution in [2.24, 2.45) is 12.8 Å². The predicted octanol–water partition coefficient (Wildman–Crippen LogP) is 2.31. The fraction of sp³-hybridized carbons (Fsp3) is 0.261. The predicted molar refractivity (Wildman–Crippen MR) is 130 cm³/mol. The Bertz CT molecular complexity index is 1580. The topological polar surface area (TPSA) is 155 Å². The van der Waals surface area contributed by atoms with Crippen LogP contribution in [0.15, 0.2) is 43.0 Å². The maximum absolute atomic E-state index is 12.3. The average molecular weight is 494 g/mol. The van der Waals surface area contributed by atoms with E-state index in [0.717, 1.165) is 11.1 Å². The van der Waals surface area contributed by atoms with Gasteiger partial charge in [0.2, 0.25) is 5.88 Å². The molecule has 3 heterocycles. The number of nitrogens with one attached hydrogen (secondary N) is 1. The van der Waals surface area contributed by atoms with E-state index in [1.54, 1.807) is 43.0 Å². The van der Waals surface area contributed by atoms with Crippen LogP contribution >= 0.6 is 0 Å². The van der Waals surface area contributed by atoms with E-state index in [1.807, 2.05) is 11.6 Å². The zero-order chi connectivity index (χ0) is 25.0. The molecule has 180 valence electrons. The molecular weight excluding hydrogens is 470 g/mol. The highest BCUT2D eigenvalue weighted by atomic mass is 32.2. The van der Waals surface area contributed by atoms with E-state index >= 15 is 0 Å². The number of pyridine rings is 1. The van der Waals surface area contributed by atoms with Crippen molar-refractivity contribution in [1.29, 1.82) is 0 Å². The molecule has 0 bridgehead atoms. The second kappa shape index (κ2) is 8.01. The maximum Gasteiger partial charge on any atom is 0.271 e. The van der Waals surface area contributed by atoms with Gasteiger partial charge in [-0.25, -0.2) is 18.4 Å². The van der Waals surface area contributed by atoms with Crippen LogP contribution in [0.4, 0.5) is 11.5 Å². The highest BCUT2D eigenvalue weighted by molar-refractivity contribution is 7.92. The molecule has 1 fully saturated rings. The first kappa shape index (κ1) is 22.7. The van der Waals surface area contributed by atoms with Crippen LogP contribution in [0, 0.1) is 0 Å². The normalized spacial score (nSPS) is 14.6. The first-order chi connectivity index (χ1) is 16.6. The number of ether oxygens (including phenoxy) is 1. The van der Waals surface area contributed by atoms with Crippen LogP contribution in [0.2, 0.25) is 0 Å². The Morgan fingerprint density at radius 2 is 1.89 bits per heavy atom. The molecule has 35 heavy (non-hydrogen) atoms. The molecule has 5 rings (SSSR count). The molecule has 11 nitrogen and oxygen atoms in total. The fourth-order valence-corrected chi connectivity index (χ4v) is 5.60. The summed E-state index contributed by atoms with van der Waals surface area (Å²) in [6.07, 6.45) is 7.37. The Hall–Kier alpha value is -4.06. The number of methoxy groups -OCH3 is 1. The Labute approximate surface area is 201 Å². The van der Waals surface area contributed by atoms with Gasteiger partial charge in [0.05, 0.1) is 35.5 Å². The molecule has 0 radical (unpaired) electrons. The molecule has 1 aromatic carbocycles. The van der Waals surface area contributed by atoms with Gasteiger partial charge in [-0.15, -0.1) is 0 Å². The molecule has 12 heteroatoms.